The normalized spacial score (nSPS) is 37.6. The lowest BCUT2D eigenvalue weighted by atomic mass is 10.1. The molecule has 1 atom stereocenters. The molecule has 0 radical (unpaired) electrons. The third kappa shape index (κ3) is 1.02. The van der Waals surface area contributed by atoms with E-state index in [1.165, 1.54) is 0 Å². The maximum atomic E-state index is 8.31. The van der Waals surface area contributed by atoms with E-state index < -0.39 is 4.33 Å². The Labute approximate surface area is 64.6 Å². The zero-order valence-electron chi connectivity index (χ0n) is 5.12. The minimum Gasteiger partial charge on any atom is -0.198 e. The van der Waals surface area contributed by atoms with Gasteiger partial charge >= 0.3 is 0 Å². The van der Waals surface area contributed by atoms with Gasteiger partial charge in [-0.25, -0.2) is 0 Å². The lowest BCUT2D eigenvalue weighted by molar-refractivity contribution is 0.581. The van der Waals surface area contributed by atoms with Crippen LogP contribution in [0, 0.1) is 16.7 Å². The van der Waals surface area contributed by atoms with Crippen LogP contribution in [-0.4, -0.2) is 4.33 Å². The van der Waals surface area contributed by atoms with Gasteiger partial charge in [0.15, 0.2) is 0 Å². The van der Waals surface area contributed by atoms with Gasteiger partial charge in [-0.15, -0.1) is 23.2 Å². The van der Waals surface area contributed by atoms with E-state index in [4.69, 9.17) is 28.5 Å². The Hall–Kier alpha value is 0.0700. The molecule has 0 N–H and O–H groups in total. The highest BCUT2D eigenvalue weighted by Gasteiger charge is 2.62. The molecule has 1 nitrogen and oxygen atoms in total. The maximum absolute atomic E-state index is 8.31. The van der Waals surface area contributed by atoms with E-state index in [2.05, 4.69) is 6.07 Å². The highest BCUT2D eigenvalue weighted by Crippen LogP contribution is 2.65. The second-order valence-electron chi connectivity index (χ2n) is 2.78. The maximum Gasteiger partial charge on any atom is 0.125 e. The summed E-state index contributed by atoms with van der Waals surface area (Å²) in [7, 11) is 0. The summed E-state index contributed by atoms with van der Waals surface area (Å²) in [6.07, 6.45) is 1.21. The molecule has 0 aromatic rings. The molecule has 0 aliphatic heterocycles. The van der Waals surface area contributed by atoms with Crippen LogP contribution in [0.5, 0.6) is 0 Å². The third-order valence-electron chi connectivity index (χ3n) is 1.84. The van der Waals surface area contributed by atoms with Gasteiger partial charge in [-0.1, -0.05) is 6.92 Å². The summed E-state index contributed by atoms with van der Waals surface area (Å²) in [6.45, 7) is 1.93. The minimum absolute atomic E-state index is 0.134. The van der Waals surface area contributed by atoms with Crippen LogP contribution in [-0.2, 0) is 0 Å². The number of halogens is 2. The Bertz CT molecular complexity index is 170. The highest BCUT2D eigenvalue weighted by molar-refractivity contribution is 6.51. The second kappa shape index (κ2) is 1.78. The molecule has 0 aromatic carbocycles. The van der Waals surface area contributed by atoms with Crippen molar-refractivity contribution in [3.63, 3.8) is 0 Å². The summed E-state index contributed by atoms with van der Waals surface area (Å²) < 4.78 is -0.622. The first kappa shape index (κ1) is 7.18. The minimum atomic E-state index is -0.622. The Balaban J connectivity index is 2.55. The summed E-state index contributed by atoms with van der Waals surface area (Å²) in [5.74, 6) is 0. The fraction of sp³-hybridized carbons (Fsp3) is 0.833. The van der Waals surface area contributed by atoms with Gasteiger partial charge in [0, 0.05) is 11.8 Å². The Kier molecular flexibility index (Phi) is 1.42. The summed E-state index contributed by atoms with van der Waals surface area (Å²) in [4.78, 5) is 0. The van der Waals surface area contributed by atoms with Gasteiger partial charge in [0.25, 0.3) is 0 Å². The zero-order chi connectivity index (χ0) is 7.12. The third-order valence-corrected chi connectivity index (χ3v) is 3.02. The molecule has 50 valence electrons. The van der Waals surface area contributed by atoms with Crippen LogP contribution in [0.25, 0.3) is 0 Å². The highest BCUT2D eigenvalue weighted by atomic mass is 35.5. The Morgan fingerprint density at radius 3 is 2.22 bits per heavy atom. The fourth-order valence-corrected chi connectivity index (χ4v) is 1.54. The molecule has 1 fully saturated rings. The summed E-state index contributed by atoms with van der Waals surface area (Å²) in [5.41, 5.74) is -0.134. The van der Waals surface area contributed by atoms with E-state index in [1.54, 1.807) is 0 Å². The molecule has 3 heteroatoms. The predicted molar refractivity (Wildman–Crippen MR) is 37.4 cm³/mol. The van der Waals surface area contributed by atoms with E-state index in [0.717, 1.165) is 6.42 Å². The molecular formula is C6H7Cl2N. The van der Waals surface area contributed by atoms with Crippen molar-refractivity contribution in [2.75, 3.05) is 0 Å². The van der Waals surface area contributed by atoms with E-state index >= 15 is 0 Å². The van der Waals surface area contributed by atoms with E-state index in [1.807, 2.05) is 6.92 Å². The van der Waals surface area contributed by atoms with E-state index in [-0.39, 0.29) is 5.41 Å². The van der Waals surface area contributed by atoms with Crippen molar-refractivity contribution in [3.05, 3.63) is 0 Å². The standard InChI is InChI=1S/C6H7Cl2N/c1-5(2-3-9)4-6(5,7)8/h2,4H2,1H3. The van der Waals surface area contributed by atoms with Crippen molar-refractivity contribution in [3.8, 4) is 6.07 Å². The molecule has 0 spiro atoms. The Morgan fingerprint density at radius 2 is 2.11 bits per heavy atom. The largest absolute Gasteiger partial charge is 0.198 e. The van der Waals surface area contributed by atoms with Crippen molar-refractivity contribution in [2.45, 2.75) is 24.1 Å². The van der Waals surface area contributed by atoms with E-state index in [9.17, 15) is 0 Å². The second-order valence-corrected chi connectivity index (χ2v) is 4.26. The van der Waals surface area contributed by atoms with Crippen LogP contribution in [0.1, 0.15) is 19.8 Å². The molecule has 1 aliphatic rings. The SMILES string of the molecule is CC1(CC#N)CC1(Cl)Cl. The smallest absolute Gasteiger partial charge is 0.125 e. The molecule has 1 aliphatic carbocycles. The number of nitrogens with zero attached hydrogens (tertiary/aromatic N) is 1. The van der Waals surface area contributed by atoms with Crippen molar-refractivity contribution in [2.24, 2.45) is 5.41 Å². The summed E-state index contributed by atoms with van der Waals surface area (Å²) in [5, 5.41) is 8.31. The van der Waals surface area contributed by atoms with Crippen molar-refractivity contribution in [1.29, 1.82) is 5.26 Å². The molecule has 0 amide bonds. The van der Waals surface area contributed by atoms with Gasteiger partial charge in [0.05, 0.1) is 6.07 Å². The first-order valence-electron chi connectivity index (χ1n) is 2.77. The molecule has 1 saturated carbocycles. The van der Waals surface area contributed by atoms with Gasteiger partial charge in [-0.3, -0.25) is 0 Å². The van der Waals surface area contributed by atoms with Crippen LogP contribution in [0.4, 0.5) is 0 Å². The van der Waals surface area contributed by atoms with Crippen LogP contribution in [0.2, 0.25) is 0 Å². The van der Waals surface area contributed by atoms with Crippen LogP contribution in [0.15, 0.2) is 0 Å². The quantitative estimate of drug-likeness (QED) is 0.546. The summed E-state index contributed by atoms with van der Waals surface area (Å²) in [6, 6.07) is 2.06. The van der Waals surface area contributed by atoms with Gasteiger partial charge in [0.2, 0.25) is 0 Å². The number of rotatable bonds is 1. The number of hydrogen-bond acceptors (Lipinski definition) is 1. The average Bonchev–Trinajstić information content (AvgIpc) is 2.07. The molecule has 9 heavy (non-hydrogen) atoms. The molecule has 0 aromatic heterocycles. The first-order chi connectivity index (χ1) is 4.02. The van der Waals surface area contributed by atoms with Crippen molar-refractivity contribution >= 4 is 23.2 Å². The number of hydrogen-bond donors (Lipinski definition) is 0. The molecule has 1 rings (SSSR count). The van der Waals surface area contributed by atoms with Crippen molar-refractivity contribution in [1.82, 2.24) is 0 Å². The van der Waals surface area contributed by atoms with Crippen LogP contribution in [0.3, 0.4) is 0 Å². The molecule has 0 saturated heterocycles. The number of alkyl halides is 2. The topological polar surface area (TPSA) is 23.8 Å². The van der Waals surface area contributed by atoms with Crippen LogP contribution < -0.4 is 0 Å². The zero-order valence-corrected chi connectivity index (χ0v) is 6.63. The fourth-order valence-electron chi connectivity index (χ4n) is 0.812. The van der Waals surface area contributed by atoms with Gasteiger partial charge in [-0.05, 0) is 6.42 Å². The van der Waals surface area contributed by atoms with E-state index in [0.29, 0.717) is 6.42 Å². The first-order valence-corrected chi connectivity index (χ1v) is 3.52. The monoisotopic (exact) mass is 163 g/mol. The predicted octanol–water partition coefficient (Wildman–Crippen LogP) is 2.48. The lowest BCUT2D eigenvalue weighted by Crippen LogP contribution is -2.02. The summed E-state index contributed by atoms with van der Waals surface area (Å²) >= 11 is 11.5. The Morgan fingerprint density at radius 1 is 1.67 bits per heavy atom. The number of nitriles is 1. The van der Waals surface area contributed by atoms with Gasteiger partial charge in [-0.2, -0.15) is 5.26 Å². The lowest BCUT2D eigenvalue weighted by Gasteiger charge is -2.03. The molecule has 0 heterocycles. The average molecular weight is 164 g/mol. The van der Waals surface area contributed by atoms with Gasteiger partial charge in [0.1, 0.15) is 4.33 Å². The molecular weight excluding hydrogens is 157 g/mol. The molecule has 0 bridgehead atoms. The van der Waals surface area contributed by atoms with Gasteiger partial charge < -0.3 is 0 Å². The van der Waals surface area contributed by atoms with Crippen molar-refractivity contribution < 1.29 is 0 Å². The van der Waals surface area contributed by atoms with Crippen LogP contribution >= 0.6 is 23.2 Å². The molecule has 1 unspecified atom stereocenters.